The Morgan fingerprint density at radius 3 is 2.67 bits per heavy atom. The molecule has 0 saturated carbocycles. The minimum Gasteiger partial charge on any atom is -0.478 e. The average Bonchev–Trinajstić information content (AvgIpc) is 2.82. The van der Waals surface area contributed by atoms with Crippen molar-refractivity contribution in [3.8, 4) is 0 Å². The second-order valence-electron chi connectivity index (χ2n) is 4.49. The molecule has 0 atom stereocenters. The molecule has 7 nitrogen and oxygen atoms in total. The van der Waals surface area contributed by atoms with Crippen LogP contribution in [0, 0.1) is 0 Å². The van der Waals surface area contributed by atoms with E-state index in [1.165, 1.54) is 35.3 Å². The predicted octanol–water partition coefficient (Wildman–Crippen LogP) is 1.48. The molecule has 0 unspecified atom stereocenters. The van der Waals surface area contributed by atoms with E-state index in [0.29, 0.717) is 17.7 Å². The minimum atomic E-state index is -3.87. The zero-order valence-corrected chi connectivity index (χ0v) is 12.4. The highest BCUT2D eigenvalue weighted by Crippen LogP contribution is 2.21. The Balaban J connectivity index is 2.47. The maximum atomic E-state index is 12.4. The molecule has 2 N–H and O–H groups in total. The summed E-state index contributed by atoms with van der Waals surface area (Å²) in [6, 6.07) is 4.07. The molecule has 2 rings (SSSR count). The van der Waals surface area contributed by atoms with Crippen LogP contribution >= 0.6 is 0 Å². The number of hydrogen-bond acceptors (Lipinski definition) is 4. The first kappa shape index (κ1) is 15.0. The van der Waals surface area contributed by atoms with E-state index in [2.05, 4.69) is 9.82 Å². The number of nitrogens with zero attached hydrogens (tertiary/aromatic N) is 2. The first-order valence-corrected chi connectivity index (χ1v) is 7.69. The van der Waals surface area contributed by atoms with Gasteiger partial charge in [0, 0.05) is 13.2 Å². The minimum absolute atomic E-state index is 0.0336. The van der Waals surface area contributed by atoms with Gasteiger partial charge in [-0.3, -0.25) is 9.40 Å². The van der Waals surface area contributed by atoms with Crippen LogP contribution < -0.4 is 4.72 Å². The maximum absolute atomic E-state index is 12.4. The molecule has 0 aliphatic rings. The van der Waals surface area contributed by atoms with E-state index in [9.17, 15) is 13.2 Å². The SMILES string of the molecule is CCc1ccc(C(=O)O)cc1S(=O)(=O)Nc1cnn(C)c1. The van der Waals surface area contributed by atoms with Gasteiger partial charge >= 0.3 is 5.97 Å². The molecule has 112 valence electrons. The number of aromatic nitrogens is 2. The van der Waals surface area contributed by atoms with Crippen LogP contribution in [0.5, 0.6) is 0 Å². The lowest BCUT2D eigenvalue weighted by molar-refractivity contribution is 0.0696. The third-order valence-electron chi connectivity index (χ3n) is 2.94. The highest BCUT2D eigenvalue weighted by atomic mass is 32.2. The number of carboxylic acids is 1. The Hall–Kier alpha value is -2.35. The van der Waals surface area contributed by atoms with Crippen LogP contribution in [0.3, 0.4) is 0 Å². The fourth-order valence-corrected chi connectivity index (χ4v) is 3.28. The topological polar surface area (TPSA) is 101 Å². The largest absolute Gasteiger partial charge is 0.478 e. The summed E-state index contributed by atoms with van der Waals surface area (Å²) < 4.78 is 28.7. The van der Waals surface area contributed by atoms with Crippen molar-refractivity contribution in [2.45, 2.75) is 18.2 Å². The van der Waals surface area contributed by atoms with Crippen LogP contribution in [-0.4, -0.2) is 29.3 Å². The number of aryl methyl sites for hydroxylation is 2. The fraction of sp³-hybridized carbons (Fsp3) is 0.231. The van der Waals surface area contributed by atoms with Gasteiger partial charge in [0.25, 0.3) is 10.0 Å². The number of anilines is 1. The van der Waals surface area contributed by atoms with Crippen molar-refractivity contribution < 1.29 is 18.3 Å². The quantitative estimate of drug-likeness (QED) is 0.871. The highest BCUT2D eigenvalue weighted by molar-refractivity contribution is 7.92. The van der Waals surface area contributed by atoms with E-state index in [1.807, 2.05) is 0 Å². The number of benzene rings is 1. The lowest BCUT2D eigenvalue weighted by Crippen LogP contribution is -2.15. The third-order valence-corrected chi connectivity index (χ3v) is 4.41. The third kappa shape index (κ3) is 3.22. The van der Waals surface area contributed by atoms with Gasteiger partial charge in [-0.15, -0.1) is 0 Å². The first-order chi connectivity index (χ1) is 9.83. The summed E-state index contributed by atoms with van der Waals surface area (Å²) in [5.41, 5.74) is 0.801. The summed E-state index contributed by atoms with van der Waals surface area (Å²) in [7, 11) is -2.20. The van der Waals surface area contributed by atoms with Crippen LogP contribution in [0.1, 0.15) is 22.8 Å². The molecule has 21 heavy (non-hydrogen) atoms. The molecule has 1 heterocycles. The molecular formula is C13H15N3O4S. The number of sulfonamides is 1. The Labute approximate surface area is 122 Å². The lowest BCUT2D eigenvalue weighted by Gasteiger charge is -2.11. The molecule has 0 spiro atoms. The van der Waals surface area contributed by atoms with Crippen molar-refractivity contribution in [2.75, 3.05) is 4.72 Å². The van der Waals surface area contributed by atoms with Crippen molar-refractivity contribution >= 4 is 21.7 Å². The summed E-state index contributed by atoms with van der Waals surface area (Å²) in [5, 5.41) is 12.9. The summed E-state index contributed by atoms with van der Waals surface area (Å²) >= 11 is 0. The van der Waals surface area contributed by atoms with Crippen molar-refractivity contribution in [3.63, 3.8) is 0 Å². The molecule has 0 aliphatic heterocycles. The van der Waals surface area contributed by atoms with E-state index in [-0.39, 0.29) is 10.5 Å². The number of aromatic carboxylic acids is 1. The van der Waals surface area contributed by atoms with Crippen LogP contribution in [-0.2, 0) is 23.5 Å². The van der Waals surface area contributed by atoms with E-state index in [4.69, 9.17) is 5.11 Å². The number of carboxylic acid groups (broad SMARTS) is 1. The molecule has 0 fully saturated rings. The molecule has 8 heteroatoms. The molecule has 0 saturated heterocycles. The Kier molecular flexibility index (Phi) is 3.99. The van der Waals surface area contributed by atoms with Gasteiger partial charge < -0.3 is 5.11 Å². The van der Waals surface area contributed by atoms with Crippen molar-refractivity contribution in [1.29, 1.82) is 0 Å². The summed E-state index contributed by atoms with van der Waals surface area (Å²) in [4.78, 5) is 11.0. The number of hydrogen-bond donors (Lipinski definition) is 2. The molecular weight excluding hydrogens is 294 g/mol. The lowest BCUT2D eigenvalue weighted by atomic mass is 10.1. The van der Waals surface area contributed by atoms with E-state index < -0.39 is 16.0 Å². The molecule has 0 radical (unpaired) electrons. The van der Waals surface area contributed by atoms with E-state index in [1.54, 1.807) is 14.0 Å². The van der Waals surface area contributed by atoms with E-state index in [0.717, 1.165) is 0 Å². The molecule has 1 aromatic carbocycles. The van der Waals surface area contributed by atoms with Crippen LogP contribution in [0.2, 0.25) is 0 Å². The van der Waals surface area contributed by atoms with Crippen LogP contribution in [0.15, 0.2) is 35.5 Å². The number of nitrogens with one attached hydrogen (secondary N) is 1. The van der Waals surface area contributed by atoms with Gasteiger partial charge in [0.15, 0.2) is 0 Å². The summed E-state index contributed by atoms with van der Waals surface area (Å²) in [5.74, 6) is -1.17. The molecule has 2 aromatic rings. The standard InChI is InChI=1S/C13H15N3O4S/c1-3-9-4-5-10(13(17)18)6-12(9)21(19,20)15-11-7-14-16(2)8-11/h4-8,15H,3H2,1-2H3,(H,17,18). The molecule has 1 aromatic heterocycles. The zero-order chi connectivity index (χ0) is 15.6. The molecule has 0 aliphatic carbocycles. The van der Waals surface area contributed by atoms with Crippen molar-refractivity contribution in [2.24, 2.45) is 7.05 Å². The Bertz CT molecular complexity index is 780. The van der Waals surface area contributed by atoms with Gasteiger partial charge in [0.2, 0.25) is 0 Å². The average molecular weight is 309 g/mol. The number of rotatable bonds is 5. The van der Waals surface area contributed by atoms with Gasteiger partial charge in [-0.25, -0.2) is 13.2 Å². The van der Waals surface area contributed by atoms with Gasteiger partial charge in [-0.05, 0) is 24.1 Å². The monoisotopic (exact) mass is 309 g/mol. The number of carbonyl (C=O) groups is 1. The second kappa shape index (κ2) is 5.57. The van der Waals surface area contributed by atoms with Crippen LogP contribution in [0.4, 0.5) is 5.69 Å². The van der Waals surface area contributed by atoms with Gasteiger partial charge in [0.05, 0.1) is 22.3 Å². The maximum Gasteiger partial charge on any atom is 0.335 e. The summed E-state index contributed by atoms with van der Waals surface area (Å²) in [6.45, 7) is 1.80. The van der Waals surface area contributed by atoms with Crippen molar-refractivity contribution in [1.82, 2.24) is 9.78 Å². The molecule has 0 amide bonds. The normalized spacial score (nSPS) is 11.3. The summed E-state index contributed by atoms with van der Waals surface area (Å²) in [6.07, 6.45) is 3.37. The van der Waals surface area contributed by atoms with Gasteiger partial charge in [-0.1, -0.05) is 13.0 Å². The second-order valence-corrected chi connectivity index (χ2v) is 6.14. The predicted molar refractivity (Wildman–Crippen MR) is 76.8 cm³/mol. The fourth-order valence-electron chi connectivity index (χ4n) is 1.91. The Morgan fingerprint density at radius 2 is 2.14 bits per heavy atom. The van der Waals surface area contributed by atoms with Gasteiger partial charge in [0.1, 0.15) is 0 Å². The van der Waals surface area contributed by atoms with Gasteiger partial charge in [-0.2, -0.15) is 5.10 Å². The highest BCUT2D eigenvalue weighted by Gasteiger charge is 2.20. The smallest absolute Gasteiger partial charge is 0.335 e. The van der Waals surface area contributed by atoms with Crippen molar-refractivity contribution in [3.05, 3.63) is 41.7 Å². The Morgan fingerprint density at radius 1 is 1.43 bits per heavy atom. The van der Waals surface area contributed by atoms with Crippen LogP contribution in [0.25, 0.3) is 0 Å². The zero-order valence-electron chi connectivity index (χ0n) is 11.6. The molecule has 0 bridgehead atoms. The first-order valence-electron chi connectivity index (χ1n) is 6.21. The van der Waals surface area contributed by atoms with E-state index >= 15 is 0 Å².